The number of allylic oxidation sites excluding steroid dienone is 2. The van der Waals surface area contributed by atoms with Crippen LogP contribution >= 0.6 is 0 Å². The third-order valence-corrected chi connectivity index (χ3v) is 7.57. The summed E-state index contributed by atoms with van der Waals surface area (Å²) >= 11 is 0. The van der Waals surface area contributed by atoms with Gasteiger partial charge in [0.1, 0.15) is 12.4 Å². The van der Waals surface area contributed by atoms with Crippen LogP contribution in [0, 0.1) is 5.92 Å². The predicted octanol–water partition coefficient (Wildman–Crippen LogP) is 5.63. The second-order valence-corrected chi connectivity index (χ2v) is 10.4. The fraction of sp³-hybridized carbons (Fsp3) is 0.469. The van der Waals surface area contributed by atoms with Gasteiger partial charge >= 0.3 is 5.97 Å². The number of rotatable bonds is 12. The molecule has 0 radical (unpaired) electrons. The molecule has 0 spiro atoms. The van der Waals surface area contributed by atoms with Crippen molar-refractivity contribution in [3.05, 3.63) is 77.5 Å². The first-order valence-corrected chi connectivity index (χ1v) is 14.1. The molecule has 1 atom stereocenters. The highest BCUT2D eigenvalue weighted by Gasteiger charge is 2.30. The number of carbonyl (C=O) groups is 3. The van der Waals surface area contributed by atoms with Crippen molar-refractivity contribution >= 4 is 17.8 Å². The lowest BCUT2D eigenvalue weighted by Gasteiger charge is -2.38. The van der Waals surface area contributed by atoms with Gasteiger partial charge in [0.15, 0.2) is 0 Å². The zero-order valence-corrected chi connectivity index (χ0v) is 23.0. The molecule has 1 aliphatic carbocycles. The molecule has 2 aromatic carbocycles. The molecule has 7 nitrogen and oxygen atoms in total. The number of ether oxygens (including phenoxy) is 2. The van der Waals surface area contributed by atoms with Gasteiger partial charge in [-0.1, -0.05) is 48.5 Å². The van der Waals surface area contributed by atoms with Crippen LogP contribution in [0.5, 0.6) is 5.75 Å². The standard InChI is InChI=1S/C32H40N2O5/c1-38-32(37)20-22-33(23-25-16-18-28(19-17-25)39-24-26-9-3-2-4-10-26)30(35)14-7-15-31(36)34-21-8-12-27-11-5-6-13-29(27)34/h2-4,9-10,13,16-19,27H,5-8,11-12,14-15,20-24H2,1H3. The molecule has 0 saturated carbocycles. The van der Waals surface area contributed by atoms with Gasteiger partial charge in [0.2, 0.25) is 11.8 Å². The first kappa shape index (κ1) is 28.4. The number of methoxy groups -OCH3 is 1. The van der Waals surface area contributed by atoms with Crippen molar-refractivity contribution in [2.75, 3.05) is 20.2 Å². The van der Waals surface area contributed by atoms with Crippen LogP contribution in [-0.4, -0.2) is 47.8 Å². The Morgan fingerprint density at radius 3 is 2.46 bits per heavy atom. The van der Waals surface area contributed by atoms with Gasteiger partial charge in [-0.15, -0.1) is 0 Å². The van der Waals surface area contributed by atoms with Crippen molar-refractivity contribution in [2.45, 2.75) is 70.9 Å². The molecular formula is C32H40N2O5. The smallest absolute Gasteiger partial charge is 0.307 e. The highest BCUT2D eigenvalue weighted by molar-refractivity contribution is 5.80. The number of nitrogens with zero attached hydrogens (tertiary/aromatic N) is 2. The molecule has 1 fully saturated rings. The lowest BCUT2D eigenvalue weighted by Crippen LogP contribution is -2.39. The summed E-state index contributed by atoms with van der Waals surface area (Å²) in [4.78, 5) is 41.6. The molecule has 1 aliphatic heterocycles. The molecule has 0 N–H and O–H groups in total. The van der Waals surface area contributed by atoms with E-state index >= 15 is 0 Å². The summed E-state index contributed by atoms with van der Waals surface area (Å²) in [7, 11) is 1.35. The zero-order valence-electron chi connectivity index (χ0n) is 23.0. The van der Waals surface area contributed by atoms with Crippen LogP contribution in [0.15, 0.2) is 66.4 Å². The molecule has 2 amide bonds. The molecule has 0 aromatic heterocycles. The van der Waals surface area contributed by atoms with Gasteiger partial charge in [-0.25, -0.2) is 0 Å². The van der Waals surface area contributed by atoms with E-state index < -0.39 is 0 Å². The van der Waals surface area contributed by atoms with Crippen LogP contribution in [-0.2, 0) is 32.3 Å². The highest BCUT2D eigenvalue weighted by Crippen LogP contribution is 2.35. The maximum Gasteiger partial charge on any atom is 0.307 e. The van der Waals surface area contributed by atoms with E-state index in [1.807, 2.05) is 59.5 Å². The van der Waals surface area contributed by atoms with Gasteiger partial charge in [0.05, 0.1) is 13.5 Å². The second-order valence-electron chi connectivity index (χ2n) is 10.4. The fourth-order valence-corrected chi connectivity index (χ4v) is 5.40. The maximum atomic E-state index is 13.2. The topological polar surface area (TPSA) is 76.1 Å². The second kappa shape index (κ2) is 14.5. The van der Waals surface area contributed by atoms with Gasteiger partial charge in [0.25, 0.3) is 0 Å². The lowest BCUT2D eigenvalue weighted by atomic mass is 9.85. The van der Waals surface area contributed by atoms with E-state index in [0.29, 0.717) is 31.9 Å². The van der Waals surface area contributed by atoms with E-state index in [2.05, 4.69) is 6.08 Å². The summed E-state index contributed by atoms with van der Waals surface area (Å²) < 4.78 is 10.7. The van der Waals surface area contributed by atoms with Crippen molar-refractivity contribution in [1.29, 1.82) is 0 Å². The molecule has 4 rings (SSSR count). The average molecular weight is 533 g/mol. The Morgan fingerprint density at radius 2 is 1.69 bits per heavy atom. The van der Waals surface area contributed by atoms with Crippen LogP contribution in [0.1, 0.15) is 68.9 Å². The molecule has 39 heavy (non-hydrogen) atoms. The van der Waals surface area contributed by atoms with Gasteiger partial charge in [-0.05, 0) is 67.7 Å². The predicted molar refractivity (Wildman–Crippen MR) is 149 cm³/mol. The average Bonchev–Trinajstić information content (AvgIpc) is 2.98. The number of piperidine rings is 1. The molecule has 2 aromatic rings. The molecule has 2 aliphatic rings. The van der Waals surface area contributed by atoms with Gasteiger partial charge < -0.3 is 19.3 Å². The summed E-state index contributed by atoms with van der Waals surface area (Å²) in [5.74, 6) is 0.967. The van der Waals surface area contributed by atoms with Crippen molar-refractivity contribution in [1.82, 2.24) is 9.80 Å². The summed E-state index contributed by atoms with van der Waals surface area (Å²) in [6.07, 6.45) is 9.12. The zero-order chi connectivity index (χ0) is 27.5. The quantitative estimate of drug-likeness (QED) is 0.331. The van der Waals surface area contributed by atoms with Crippen LogP contribution in [0.4, 0.5) is 0 Å². The van der Waals surface area contributed by atoms with Gasteiger partial charge in [-0.2, -0.15) is 0 Å². The Bertz CT molecular complexity index is 1130. The number of benzene rings is 2. The molecule has 7 heteroatoms. The molecular weight excluding hydrogens is 492 g/mol. The van der Waals surface area contributed by atoms with Crippen molar-refractivity contribution in [2.24, 2.45) is 5.92 Å². The van der Waals surface area contributed by atoms with Crippen LogP contribution in [0.2, 0.25) is 0 Å². The maximum absolute atomic E-state index is 13.2. The van der Waals surface area contributed by atoms with E-state index in [1.165, 1.54) is 32.1 Å². The van der Waals surface area contributed by atoms with E-state index in [1.54, 1.807) is 4.90 Å². The van der Waals surface area contributed by atoms with Crippen LogP contribution in [0.3, 0.4) is 0 Å². The summed E-state index contributed by atoms with van der Waals surface area (Å²) in [5.41, 5.74) is 3.25. The van der Waals surface area contributed by atoms with E-state index in [9.17, 15) is 14.4 Å². The fourth-order valence-electron chi connectivity index (χ4n) is 5.40. The van der Waals surface area contributed by atoms with E-state index in [4.69, 9.17) is 9.47 Å². The lowest BCUT2D eigenvalue weighted by molar-refractivity contribution is -0.142. The molecule has 0 bridgehead atoms. The van der Waals surface area contributed by atoms with Gasteiger partial charge in [-0.3, -0.25) is 14.4 Å². The largest absolute Gasteiger partial charge is 0.489 e. The Kier molecular flexibility index (Phi) is 10.6. The van der Waals surface area contributed by atoms with E-state index in [-0.39, 0.29) is 37.2 Å². The summed E-state index contributed by atoms with van der Waals surface area (Å²) in [5, 5.41) is 0. The first-order chi connectivity index (χ1) is 19.0. The van der Waals surface area contributed by atoms with Crippen LogP contribution < -0.4 is 4.74 Å². The first-order valence-electron chi connectivity index (χ1n) is 14.1. The number of likely N-dealkylation sites (tertiary alicyclic amines) is 1. The van der Waals surface area contributed by atoms with Crippen molar-refractivity contribution < 1.29 is 23.9 Å². The third kappa shape index (κ3) is 8.44. The molecule has 1 heterocycles. The Hall–Kier alpha value is -3.61. The normalized spacial score (nSPS) is 16.6. The number of carbonyl (C=O) groups excluding carboxylic acids is 3. The minimum Gasteiger partial charge on any atom is -0.489 e. The number of fused-ring (bicyclic) bond motifs is 1. The molecule has 1 unspecified atom stereocenters. The number of hydrogen-bond donors (Lipinski definition) is 0. The molecule has 208 valence electrons. The molecule has 1 saturated heterocycles. The minimum atomic E-state index is -0.354. The SMILES string of the molecule is COC(=O)CCN(Cc1ccc(OCc2ccccc2)cc1)C(=O)CCCC(=O)N1CCCC2CCCC=C21. The number of amides is 2. The number of hydrogen-bond acceptors (Lipinski definition) is 5. The summed E-state index contributed by atoms with van der Waals surface area (Å²) in [6, 6.07) is 17.6. The minimum absolute atomic E-state index is 0.0653. The number of esters is 1. The van der Waals surface area contributed by atoms with Crippen molar-refractivity contribution in [3.63, 3.8) is 0 Å². The summed E-state index contributed by atoms with van der Waals surface area (Å²) in [6.45, 7) is 1.92. The Morgan fingerprint density at radius 1 is 0.923 bits per heavy atom. The Labute approximate surface area is 231 Å². The highest BCUT2D eigenvalue weighted by atomic mass is 16.5. The van der Waals surface area contributed by atoms with E-state index in [0.717, 1.165) is 36.3 Å². The van der Waals surface area contributed by atoms with Crippen LogP contribution in [0.25, 0.3) is 0 Å². The Balaban J connectivity index is 1.29. The van der Waals surface area contributed by atoms with Gasteiger partial charge in [0, 0.05) is 38.2 Å². The van der Waals surface area contributed by atoms with Crippen molar-refractivity contribution in [3.8, 4) is 5.75 Å². The third-order valence-electron chi connectivity index (χ3n) is 7.57. The monoisotopic (exact) mass is 532 g/mol.